The second-order valence-electron chi connectivity index (χ2n) is 2.68. The lowest BCUT2D eigenvalue weighted by molar-refractivity contribution is 1.33. The molecule has 0 saturated carbocycles. The first-order chi connectivity index (χ1) is 17.4. The van der Waals surface area contributed by atoms with Crippen LogP contribution in [0, 0.1) is 6.92 Å². The van der Waals surface area contributed by atoms with Gasteiger partial charge in [-0.05, 0) is 19.1 Å². The molecule has 1 aromatic heterocycles. The molecule has 0 unspecified atom stereocenters. The minimum atomic E-state index is 1.32. The van der Waals surface area contributed by atoms with Gasteiger partial charge in [0.1, 0.15) is 0 Å². The fraction of sp³-hybridized carbons (Fsp3) is 0.667. The molecular formula is C33H76BN. The van der Waals surface area contributed by atoms with E-state index in [0.717, 1.165) is 0 Å². The Hall–Kier alpha value is -1.57. The van der Waals surface area contributed by atoms with Crippen LogP contribution in [0.1, 0.15) is 144 Å². The largest absolute Gasteiger partial charge is 0.265 e. The molecule has 2 aromatic rings. The van der Waals surface area contributed by atoms with Gasteiger partial charge < -0.3 is 0 Å². The SMILES string of the molecule is CC.CC.CC.CC.CC.CC.CC.CC.CC.CC.Cc1ccccc1.[B]C.c1ccncc1. The Morgan fingerprint density at radius 3 is 0.657 bits per heavy atom. The molecule has 2 heteroatoms. The molecule has 0 saturated heterocycles. The maximum atomic E-state index is 4.50. The van der Waals surface area contributed by atoms with Crippen LogP contribution in [0.2, 0.25) is 6.82 Å². The molecule has 35 heavy (non-hydrogen) atoms. The lowest BCUT2D eigenvalue weighted by Gasteiger charge is -1.82. The number of benzene rings is 1. The van der Waals surface area contributed by atoms with E-state index in [0.29, 0.717) is 0 Å². The van der Waals surface area contributed by atoms with Gasteiger partial charge in [0.05, 0.1) is 7.85 Å². The zero-order chi connectivity index (χ0) is 31.4. The van der Waals surface area contributed by atoms with Crippen molar-refractivity contribution in [1.29, 1.82) is 0 Å². The Morgan fingerprint density at radius 2 is 0.571 bits per heavy atom. The summed E-state index contributed by atoms with van der Waals surface area (Å²) in [6.07, 6.45) is 3.50. The van der Waals surface area contributed by atoms with Crippen molar-refractivity contribution in [3.63, 3.8) is 0 Å². The van der Waals surface area contributed by atoms with E-state index in [2.05, 4.69) is 31.9 Å². The quantitative estimate of drug-likeness (QED) is 0.330. The van der Waals surface area contributed by atoms with Crippen molar-refractivity contribution in [3.05, 3.63) is 66.5 Å². The van der Waals surface area contributed by atoms with E-state index in [1.807, 2.05) is 175 Å². The monoisotopic (exact) mass is 498 g/mol. The van der Waals surface area contributed by atoms with Crippen LogP contribution in [0.5, 0.6) is 0 Å². The number of nitrogens with zero attached hydrogens (tertiary/aromatic N) is 1. The summed E-state index contributed by atoms with van der Waals surface area (Å²) in [4.78, 5) is 3.78. The minimum absolute atomic E-state index is 1.32. The van der Waals surface area contributed by atoms with Crippen LogP contribution in [0.4, 0.5) is 0 Å². The van der Waals surface area contributed by atoms with Crippen molar-refractivity contribution in [2.45, 2.75) is 152 Å². The van der Waals surface area contributed by atoms with Crippen LogP contribution < -0.4 is 0 Å². The summed E-state index contributed by atoms with van der Waals surface area (Å²) in [6.45, 7) is 43.6. The first kappa shape index (κ1) is 69.9. The van der Waals surface area contributed by atoms with Crippen molar-refractivity contribution in [3.8, 4) is 0 Å². The molecule has 0 spiro atoms. The second kappa shape index (κ2) is 207. The highest BCUT2D eigenvalue weighted by Gasteiger charge is 1.72. The summed E-state index contributed by atoms with van der Waals surface area (Å²) in [5.41, 5.74) is 1.32. The molecule has 1 nitrogen and oxygen atoms in total. The van der Waals surface area contributed by atoms with Crippen molar-refractivity contribution in [2.24, 2.45) is 0 Å². The third kappa shape index (κ3) is 194. The Kier molecular flexibility index (Phi) is 414. The molecule has 0 N–H and O–H groups in total. The van der Waals surface area contributed by atoms with Crippen LogP contribution in [0.15, 0.2) is 60.9 Å². The summed E-state index contributed by atoms with van der Waals surface area (Å²) in [5.74, 6) is 0. The van der Waals surface area contributed by atoms with E-state index >= 15 is 0 Å². The number of pyridine rings is 1. The summed E-state index contributed by atoms with van der Waals surface area (Å²) in [6, 6.07) is 16.0. The van der Waals surface area contributed by atoms with Gasteiger partial charge >= 0.3 is 0 Å². The second-order valence-corrected chi connectivity index (χ2v) is 2.68. The van der Waals surface area contributed by atoms with Crippen molar-refractivity contribution in [1.82, 2.24) is 4.98 Å². The Bertz CT molecular complexity index is 284. The molecule has 0 aliphatic heterocycles. The molecule has 2 rings (SSSR count). The average Bonchev–Trinajstić information content (AvgIpc) is 3.06. The van der Waals surface area contributed by atoms with E-state index in [4.69, 9.17) is 0 Å². The fourth-order valence-corrected chi connectivity index (χ4v) is 0.847. The molecule has 0 aliphatic rings. The molecule has 216 valence electrons. The van der Waals surface area contributed by atoms with Crippen LogP contribution >= 0.6 is 0 Å². The van der Waals surface area contributed by atoms with Gasteiger partial charge in [-0.25, -0.2) is 0 Å². The lowest BCUT2D eigenvalue weighted by atomic mass is 10.2. The Labute approximate surface area is 231 Å². The van der Waals surface area contributed by atoms with Crippen LogP contribution in [-0.4, -0.2) is 12.8 Å². The van der Waals surface area contributed by atoms with Crippen molar-refractivity contribution < 1.29 is 0 Å². The van der Waals surface area contributed by atoms with Crippen LogP contribution in [0.25, 0.3) is 0 Å². The highest BCUT2D eigenvalue weighted by Crippen LogP contribution is 1.92. The lowest BCUT2D eigenvalue weighted by Crippen LogP contribution is -1.62. The first-order valence-electron chi connectivity index (χ1n) is 14.8. The average molecular weight is 498 g/mol. The molecule has 0 atom stereocenters. The maximum Gasteiger partial charge on any atom is 0.0606 e. The van der Waals surface area contributed by atoms with Gasteiger partial charge in [0.25, 0.3) is 0 Å². The summed E-state index contributed by atoms with van der Waals surface area (Å²) < 4.78 is 0. The van der Waals surface area contributed by atoms with Gasteiger partial charge in [-0.3, -0.25) is 4.98 Å². The molecular weight excluding hydrogens is 421 g/mol. The molecule has 0 amide bonds. The maximum absolute atomic E-state index is 4.50. The molecule has 1 aromatic carbocycles. The van der Waals surface area contributed by atoms with Crippen LogP contribution in [-0.2, 0) is 0 Å². The van der Waals surface area contributed by atoms with Gasteiger partial charge in [0.15, 0.2) is 0 Å². The minimum Gasteiger partial charge on any atom is -0.265 e. The smallest absolute Gasteiger partial charge is 0.0606 e. The topological polar surface area (TPSA) is 12.9 Å². The van der Waals surface area contributed by atoms with Crippen molar-refractivity contribution in [2.75, 3.05) is 0 Å². The van der Waals surface area contributed by atoms with E-state index in [9.17, 15) is 0 Å². The summed E-state index contributed by atoms with van der Waals surface area (Å²) in [5, 5.41) is 0. The summed E-state index contributed by atoms with van der Waals surface area (Å²) >= 11 is 0. The van der Waals surface area contributed by atoms with Crippen molar-refractivity contribution >= 4 is 7.85 Å². The standard InChI is InChI=1S/C7H8.C5H5N.10C2H6.CH3B/c1-7-5-3-2-4-6-7;1-2-4-6-5-3-1;11*1-2/h2-6H,1H3;1-5H;10*1-2H3;1H3. The van der Waals surface area contributed by atoms with Gasteiger partial charge in [-0.2, -0.15) is 0 Å². The van der Waals surface area contributed by atoms with Gasteiger partial charge in [0, 0.05) is 12.4 Å². The number of hydrogen-bond donors (Lipinski definition) is 0. The van der Waals surface area contributed by atoms with Gasteiger partial charge in [-0.1, -0.05) is 187 Å². The molecule has 0 bridgehead atoms. The third-order valence-corrected chi connectivity index (χ3v) is 1.51. The van der Waals surface area contributed by atoms with Crippen LogP contribution in [0.3, 0.4) is 0 Å². The zero-order valence-corrected chi connectivity index (χ0v) is 29.3. The number of hydrogen-bond acceptors (Lipinski definition) is 1. The number of aromatic nitrogens is 1. The zero-order valence-electron chi connectivity index (χ0n) is 29.3. The van der Waals surface area contributed by atoms with E-state index in [1.165, 1.54) is 12.4 Å². The first-order valence-corrected chi connectivity index (χ1v) is 14.8. The number of rotatable bonds is 0. The highest BCUT2D eigenvalue weighted by atomic mass is 14.6. The predicted molar refractivity (Wildman–Crippen MR) is 181 cm³/mol. The Balaban J connectivity index is -0.0000000211. The molecule has 1 heterocycles. The molecule has 0 aliphatic carbocycles. The van der Waals surface area contributed by atoms with Gasteiger partial charge in [0.2, 0.25) is 0 Å². The van der Waals surface area contributed by atoms with E-state index < -0.39 is 0 Å². The normalized spacial score (nSPS) is 4.97. The third-order valence-electron chi connectivity index (χ3n) is 1.51. The Morgan fingerprint density at radius 1 is 0.371 bits per heavy atom. The predicted octanol–water partition coefficient (Wildman–Crippen LogP) is 13.5. The highest BCUT2D eigenvalue weighted by molar-refractivity contribution is 6.05. The molecule has 0 fully saturated rings. The number of aryl methyl sites for hydroxylation is 1. The van der Waals surface area contributed by atoms with E-state index in [-0.39, 0.29) is 0 Å². The van der Waals surface area contributed by atoms with Gasteiger partial charge in [-0.15, -0.1) is 0 Å². The fourth-order valence-electron chi connectivity index (χ4n) is 0.847. The van der Waals surface area contributed by atoms with E-state index in [1.54, 1.807) is 12.4 Å². The summed E-state index contributed by atoms with van der Waals surface area (Å²) in [7, 11) is 4.50. The molecule has 2 radical (unpaired) electrons.